The lowest BCUT2D eigenvalue weighted by molar-refractivity contribution is -0.134. The summed E-state index contributed by atoms with van der Waals surface area (Å²) in [6.07, 6.45) is 5.86. The second-order valence-corrected chi connectivity index (χ2v) is 4.58. The van der Waals surface area contributed by atoms with Crippen molar-refractivity contribution in [3.05, 3.63) is 41.5 Å². The van der Waals surface area contributed by atoms with Crippen LogP contribution in [0.1, 0.15) is 24.0 Å². The highest BCUT2D eigenvalue weighted by Gasteiger charge is 2.11. The van der Waals surface area contributed by atoms with Crippen molar-refractivity contribution >= 4 is 12.0 Å². The summed E-state index contributed by atoms with van der Waals surface area (Å²) >= 11 is 0. The van der Waals surface area contributed by atoms with Crippen LogP contribution < -0.4 is 0 Å². The Hall–Kier alpha value is -1.61. The fraction of sp³-hybridized carbons (Fsp3) is 0.400. The molecule has 1 fully saturated rings. The minimum absolute atomic E-state index is 0.319. The van der Waals surface area contributed by atoms with E-state index < -0.39 is 0 Å². The van der Waals surface area contributed by atoms with Crippen molar-refractivity contribution in [1.29, 1.82) is 0 Å². The lowest BCUT2D eigenvalue weighted by atomic mass is 10.1. The molecule has 0 N–H and O–H groups in total. The molecule has 2 rings (SSSR count). The number of carbonyl (C=O) groups is 1. The highest BCUT2D eigenvalue weighted by Crippen LogP contribution is 2.14. The molecule has 1 heterocycles. The molecule has 0 amide bonds. The van der Waals surface area contributed by atoms with Gasteiger partial charge in [-0.1, -0.05) is 24.3 Å². The first-order valence-electron chi connectivity index (χ1n) is 6.35. The van der Waals surface area contributed by atoms with E-state index in [4.69, 9.17) is 0 Å². The molecular formula is C15H19NO2. The van der Waals surface area contributed by atoms with Crippen molar-refractivity contribution in [2.24, 2.45) is 0 Å². The third-order valence-corrected chi connectivity index (χ3v) is 3.17. The predicted octanol–water partition coefficient (Wildman–Crippen LogP) is 2.47. The third kappa shape index (κ3) is 3.70. The van der Waals surface area contributed by atoms with Gasteiger partial charge in [0.2, 0.25) is 0 Å². The summed E-state index contributed by atoms with van der Waals surface area (Å²) < 4.78 is 4.58. The average molecular weight is 245 g/mol. The van der Waals surface area contributed by atoms with E-state index in [9.17, 15) is 4.79 Å². The molecule has 0 spiro atoms. The van der Waals surface area contributed by atoms with Crippen LogP contribution in [0.25, 0.3) is 6.08 Å². The van der Waals surface area contributed by atoms with Crippen LogP contribution in [0.3, 0.4) is 0 Å². The first-order valence-corrected chi connectivity index (χ1v) is 6.35. The minimum atomic E-state index is -0.319. The van der Waals surface area contributed by atoms with Crippen LogP contribution in [0.4, 0.5) is 0 Å². The highest BCUT2D eigenvalue weighted by atomic mass is 16.5. The van der Waals surface area contributed by atoms with Crippen molar-refractivity contribution in [3.8, 4) is 0 Å². The number of hydrogen-bond donors (Lipinski definition) is 0. The van der Waals surface area contributed by atoms with Crippen molar-refractivity contribution in [2.45, 2.75) is 19.4 Å². The first kappa shape index (κ1) is 12.8. The Morgan fingerprint density at radius 2 is 2.17 bits per heavy atom. The number of likely N-dealkylation sites (tertiary alicyclic amines) is 1. The molecule has 1 aromatic rings. The van der Waals surface area contributed by atoms with Gasteiger partial charge in [-0.3, -0.25) is 4.90 Å². The number of carbonyl (C=O) groups excluding carboxylic acids is 1. The second kappa shape index (κ2) is 6.36. The van der Waals surface area contributed by atoms with E-state index in [0.717, 1.165) is 12.1 Å². The van der Waals surface area contributed by atoms with Crippen molar-refractivity contribution in [1.82, 2.24) is 4.90 Å². The molecule has 0 radical (unpaired) electrons. The van der Waals surface area contributed by atoms with Gasteiger partial charge in [0.05, 0.1) is 7.11 Å². The van der Waals surface area contributed by atoms with E-state index in [-0.39, 0.29) is 5.97 Å². The van der Waals surface area contributed by atoms with Gasteiger partial charge >= 0.3 is 5.97 Å². The van der Waals surface area contributed by atoms with Gasteiger partial charge in [-0.15, -0.1) is 0 Å². The highest BCUT2D eigenvalue weighted by molar-refractivity contribution is 5.86. The SMILES string of the molecule is COC(=O)C=Cc1cccc(CN2CCCC2)c1. The van der Waals surface area contributed by atoms with Gasteiger partial charge < -0.3 is 4.74 Å². The summed E-state index contributed by atoms with van der Waals surface area (Å²) in [5.74, 6) is -0.319. The molecule has 1 aliphatic rings. The number of hydrogen-bond acceptors (Lipinski definition) is 3. The summed E-state index contributed by atoms with van der Waals surface area (Å²) in [4.78, 5) is 13.5. The third-order valence-electron chi connectivity index (χ3n) is 3.17. The molecule has 1 aromatic carbocycles. The number of benzene rings is 1. The monoisotopic (exact) mass is 245 g/mol. The molecule has 1 saturated heterocycles. The van der Waals surface area contributed by atoms with Crippen LogP contribution in [-0.2, 0) is 16.1 Å². The summed E-state index contributed by atoms with van der Waals surface area (Å²) in [7, 11) is 1.39. The maximum absolute atomic E-state index is 11.0. The Kier molecular flexibility index (Phi) is 4.53. The quantitative estimate of drug-likeness (QED) is 0.603. The second-order valence-electron chi connectivity index (χ2n) is 4.58. The van der Waals surface area contributed by atoms with Gasteiger partial charge in [0.1, 0.15) is 0 Å². The molecule has 1 aliphatic heterocycles. The molecule has 0 aromatic heterocycles. The molecule has 3 nitrogen and oxygen atoms in total. The number of rotatable bonds is 4. The summed E-state index contributed by atoms with van der Waals surface area (Å²) in [5, 5.41) is 0. The van der Waals surface area contributed by atoms with E-state index in [2.05, 4.69) is 21.8 Å². The van der Waals surface area contributed by atoms with Crippen LogP contribution in [0.5, 0.6) is 0 Å². The zero-order valence-corrected chi connectivity index (χ0v) is 10.8. The van der Waals surface area contributed by atoms with E-state index in [1.165, 1.54) is 44.7 Å². The first-order chi connectivity index (χ1) is 8.78. The van der Waals surface area contributed by atoms with Gasteiger partial charge in [-0.2, -0.15) is 0 Å². The number of esters is 1. The Morgan fingerprint density at radius 1 is 1.39 bits per heavy atom. The van der Waals surface area contributed by atoms with Crippen molar-refractivity contribution in [3.63, 3.8) is 0 Å². The maximum atomic E-state index is 11.0. The van der Waals surface area contributed by atoms with Gasteiger partial charge in [-0.05, 0) is 43.1 Å². The minimum Gasteiger partial charge on any atom is -0.466 e. The van der Waals surface area contributed by atoms with Gasteiger partial charge in [0, 0.05) is 12.6 Å². The van der Waals surface area contributed by atoms with Crippen LogP contribution in [-0.4, -0.2) is 31.1 Å². The standard InChI is InChI=1S/C15H19NO2/c1-18-15(17)8-7-13-5-4-6-14(11-13)12-16-9-2-3-10-16/h4-8,11H,2-3,9-10,12H2,1H3. The van der Waals surface area contributed by atoms with Gasteiger partial charge in [-0.25, -0.2) is 4.79 Å². The molecule has 0 aliphatic carbocycles. The fourth-order valence-electron chi connectivity index (χ4n) is 2.23. The number of methoxy groups -OCH3 is 1. The summed E-state index contributed by atoms with van der Waals surface area (Å²) in [6, 6.07) is 8.28. The van der Waals surface area contributed by atoms with E-state index in [0.29, 0.717) is 0 Å². The van der Waals surface area contributed by atoms with Crippen LogP contribution >= 0.6 is 0 Å². The lowest BCUT2D eigenvalue weighted by Gasteiger charge is -2.14. The zero-order valence-electron chi connectivity index (χ0n) is 10.8. The fourth-order valence-corrected chi connectivity index (χ4v) is 2.23. The van der Waals surface area contributed by atoms with E-state index >= 15 is 0 Å². The Balaban J connectivity index is 2.00. The summed E-state index contributed by atoms with van der Waals surface area (Å²) in [6.45, 7) is 3.39. The Bertz CT molecular complexity index is 434. The van der Waals surface area contributed by atoms with Gasteiger partial charge in [0.25, 0.3) is 0 Å². The van der Waals surface area contributed by atoms with E-state index in [1.54, 1.807) is 6.08 Å². The van der Waals surface area contributed by atoms with Gasteiger partial charge in [0.15, 0.2) is 0 Å². The molecule has 0 saturated carbocycles. The molecule has 0 atom stereocenters. The Labute approximate surface area is 108 Å². The Morgan fingerprint density at radius 3 is 2.89 bits per heavy atom. The predicted molar refractivity (Wildman–Crippen MR) is 72.0 cm³/mol. The van der Waals surface area contributed by atoms with E-state index in [1.807, 2.05) is 12.1 Å². The lowest BCUT2D eigenvalue weighted by Crippen LogP contribution is -2.18. The van der Waals surface area contributed by atoms with Crippen LogP contribution in [0.15, 0.2) is 30.3 Å². The smallest absolute Gasteiger partial charge is 0.330 e. The number of ether oxygens (including phenoxy) is 1. The van der Waals surface area contributed by atoms with Crippen molar-refractivity contribution in [2.75, 3.05) is 20.2 Å². The summed E-state index contributed by atoms with van der Waals surface area (Å²) in [5.41, 5.74) is 2.33. The molecule has 96 valence electrons. The molecular weight excluding hydrogens is 226 g/mol. The topological polar surface area (TPSA) is 29.5 Å². The molecule has 0 bridgehead atoms. The molecule has 18 heavy (non-hydrogen) atoms. The molecule has 0 unspecified atom stereocenters. The molecule has 3 heteroatoms. The van der Waals surface area contributed by atoms with Crippen molar-refractivity contribution < 1.29 is 9.53 Å². The number of nitrogens with zero attached hydrogens (tertiary/aromatic N) is 1. The zero-order chi connectivity index (χ0) is 12.8. The normalized spacial score (nSPS) is 16.3. The largest absolute Gasteiger partial charge is 0.466 e. The maximum Gasteiger partial charge on any atom is 0.330 e. The average Bonchev–Trinajstić information content (AvgIpc) is 2.89. The van der Waals surface area contributed by atoms with Crippen LogP contribution in [0, 0.1) is 0 Å². The van der Waals surface area contributed by atoms with Crippen LogP contribution in [0.2, 0.25) is 0 Å².